The van der Waals surface area contributed by atoms with E-state index >= 15 is 0 Å². The number of carbonyl (C=O) groups is 1. The summed E-state index contributed by atoms with van der Waals surface area (Å²) in [4.78, 5) is 10.9. The van der Waals surface area contributed by atoms with Crippen molar-refractivity contribution >= 4 is 5.78 Å². The van der Waals surface area contributed by atoms with Crippen LogP contribution in [0.15, 0.2) is 0 Å². The van der Waals surface area contributed by atoms with E-state index in [1.807, 2.05) is 14.0 Å². The molecule has 0 radical (unpaired) electrons. The fourth-order valence-corrected chi connectivity index (χ4v) is 1.33. The van der Waals surface area contributed by atoms with Crippen molar-refractivity contribution in [3.05, 3.63) is 0 Å². The van der Waals surface area contributed by atoms with Crippen LogP contribution >= 0.6 is 0 Å². The van der Waals surface area contributed by atoms with Crippen LogP contribution in [-0.4, -0.2) is 19.4 Å². The molecule has 0 aromatic carbocycles. The molecule has 0 aliphatic carbocycles. The normalized spacial score (nSPS) is 10.3. The zero-order valence-corrected chi connectivity index (χ0v) is 9.07. The van der Waals surface area contributed by atoms with E-state index in [0.717, 1.165) is 19.4 Å². The van der Waals surface area contributed by atoms with E-state index in [1.165, 1.54) is 25.7 Å². The van der Waals surface area contributed by atoms with Crippen LogP contribution in [0.2, 0.25) is 0 Å². The monoisotopic (exact) mass is 185 g/mol. The second-order valence-electron chi connectivity index (χ2n) is 3.51. The van der Waals surface area contributed by atoms with Gasteiger partial charge in [0.1, 0.15) is 5.78 Å². The van der Waals surface area contributed by atoms with Crippen LogP contribution in [0.5, 0.6) is 0 Å². The molecule has 0 heterocycles. The Morgan fingerprint density at radius 1 is 1.08 bits per heavy atom. The molecule has 0 fully saturated rings. The summed E-state index contributed by atoms with van der Waals surface area (Å²) < 4.78 is 0. The van der Waals surface area contributed by atoms with E-state index in [2.05, 4.69) is 5.32 Å². The van der Waals surface area contributed by atoms with Crippen molar-refractivity contribution in [1.29, 1.82) is 0 Å². The predicted octanol–water partition coefficient (Wildman–Crippen LogP) is 2.53. The molecule has 2 nitrogen and oxygen atoms in total. The van der Waals surface area contributed by atoms with E-state index in [1.54, 1.807) is 0 Å². The van der Waals surface area contributed by atoms with Gasteiger partial charge in [-0.25, -0.2) is 0 Å². The molecule has 0 atom stereocenters. The average Bonchev–Trinajstić information content (AvgIpc) is 2.16. The highest BCUT2D eigenvalue weighted by molar-refractivity contribution is 5.77. The van der Waals surface area contributed by atoms with Crippen molar-refractivity contribution in [2.75, 3.05) is 13.6 Å². The molecule has 0 saturated heterocycles. The first-order chi connectivity index (χ1) is 6.31. The number of carbonyl (C=O) groups excluding carboxylic acids is 1. The lowest BCUT2D eigenvalue weighted by molar-refractivity contribution is -0.118. The van der Waals surface area contributed by atoms with Gasteiger partial charge in [0.15, 0.2) is 0 Å². The molecule has 0 unspecified atom stereocenters. The Kier molecular flexibility index (Phi) is 9.44. The second kappa shape index (κ2) is 9.72. The summed E-state index contributed by atoms with van der Waals surface area (Å²) in [5.41, 5.74) is 0. The van der Waals surface area contributed by atoms with E-state index < -0.39 is 0 Å². The van der Waals surface area contributed by atoms with Gasteiger partial charge < -0.3 is 5.32 Å². The van der Waals surface area contributed by atoms with Gasteiger partial charge in [-0.2, -0.15) is 0 Å². The summed E-state index contributed by atoms with van der Waals surface area (Å²) in [7, 11) is 1.99. The number of unbranched alkanes of at least 4 members (excludes halogenated alkanes) is 4. The molecule has 0 aliphatic rings. The third-order valence-corrected chi connectivity index (χ3v) is 2.28. The van der Waals surface area contributed by atoms with Gasteiger partial charge in [-0.05, 0) is 26.4 Å². The lowest BCUT2D eigenvalue weighted by Crippen LogP contribution is -2.06. The summed E-state index contributed by atoms with van der Waals surface area (Å²) in [6.45, 7) is 3.06. The number of nitrogens with one attached hydrogen (secondary N) is 1. The number of hydrogen-bond acceptors (Lipinski definition) is 2. The first-order valence-electron chi connectivity index (χ1n) is 5.47. The highest BCUT2D eigenvalue weighted by Crippen LogP contribution is 2.05. The van der Waals surface area contributed by atoms with Gasteiger partial charge >= 0.3 is 0 Å². The van der Waals surface area contributed by atoms with E-state index in [0.29, 0.717) is 12.2 Å². The fourth-order valence-electron chi connectivity index (χ4n) is 1.33. The largest absolute Gasteiger partial charge is 0.320 e. The van der Waals surface area contributed by atoms with Crippen molar-refractivity contribution in [2.24, 2.45) is 0 Å². The molecule has 2 heteroatoms. The molecule has 0 rings (SSSR count). The summed E-state index contributed by atoms with van der Waals surface area (Å²) in [5, 5.41) is 3.13. The molecule has 0 aromatic heterocycles. The SMILES string of the molecule is CCC(=O)CCCCCCCNC. The van der Waals surface area contributed by atoms with Gasteiger partial charge in [0, 0.05) is 12.8 Å². The smallest absolute Gasteiger partial charge is 0.132 e. The van der Waals surface area contributed by atoms with Crippen LogP contribution in [0.1, 0.15) is 51.9 Å². The Hall–Kier alpha value is -0.370. The van der Waals surface area contributed by atoms with Crippen LogP contribution in [0.3, 0.4) is 0 Å². The number of Topliss-reactive ketones (excluding diaryl/α,β-unsaturated/α-hetero) is 1. The van der Waals surface area contributed by atoms with Gasteiger partial charge in [0.2, 0.25) is 0 Å². The predicted molar refractivity (Wildman–Crippen MR) is 56.9 cm³/mol. The minimum atomic E-state index is 0.412. The number of rotatable bonds is 9. The van der Waals surface area contributed by atoms with Crippen LogP contribution in [0.25, 0.3) is 0 Å². The standard InChI is InChI=1S/C11H23NO/c1-3-11(13)9-7-5-4-6-8-10-12-2/h12H,3-10H2,1-2H3. The molecule has 0 saturated carbocycles. The second-order valence-corrected chi connectivity index (χ2v) is 3.51. The Morgan fingerprint density at radius 3 is 2.31 bits per heavy atom. The molecule has 0 aliphatic heterocycles. The molecular formula is C11H23NO. The minimum absolute atomic E-state index is 0.412. The maximum atomic E-state index is 10.9. The molecule has 0 spiro atoms. The van der Waals surface area contributed by atoms with Crippen molar-refractivity contribution in [3.8, 4) is 0 Å². The van der Waals surface area contributed by atoms with Crippen LogP contribution in [0.4, 0.5) is 0 Å². The van der Waals surface area contributed by atoms with E-state index in [4.69, 9.17) is 0 Å². The molecule has 13 heavy (non-hydrogen) atoms. The maximum absolute atomic E-state index is 10.9. The first kappa shape index (κ1) is 12.6. The lowest BCUT2D eigenvalue weighted by Gasteiger charge is -2.00. The maximum Gasteiger partial charge on any atom is 0.132 e. The van der Waals surface area contributed by atoms with Gasteiger partial charge in [0.05, 0.1) is 0 Å². The zero-order chi connectivity index (χ0) is 9.94. The van der Waals surface area contributed by atoms with Gasteiger partial charge in [0.25, 0.3) is 0 Å². The summed E-state index contributed by atoms with van der Waals surface area (Å²) in [6, 6.07) is 0. The van der Waals surface area contributed by atoms with Crippen molar-refractivity contribution in [2.45, 2.75) is 51.9 Å². The van der Waals surface area contributed by atoms with Crippen LogP contribution in [-0.2, 0) is 4.79 Å². The van der Waals surface area contributed by atoms with E-state index in [9.17, 15) is 4.79 Å². The Balaban J connectivity index is 2.95. The number of ketones is 1. The first-order valence-corrected chi connectivity index (χ1v) is 5.47. The highest BCUT2D eigenvalue weighted by Gasteiger charge is 1.97. The molecule has 0 bridgehead atoms. The Labute approximate surface area is 82.1 Å². The van der Waals surface area contributed by atoms with Crippen LogP contribution < -0.4 is 5.32 Å². The van der Waals surface area contributed by atoms with Gasteiger partial charge in [-0.15, -0.1) is 0 Å². The molecule has 78 valence electrons. The highest BCUT2D eigenvalue weighted by atomic mass is 16.1. The average molecular weight is 185 g/mol. The molecule has 0 amide bonds. The summed E-state index contributed by atoms with van der Waals surface area (Å²) in [6.07, 6.45) is 7.64. The third kappa shape index (κ3) is 9.54. The van der Waals surface area contributed by atoms with Crippen molar-refractivity contribution in [1.82, 2.24) is 5.32 Å². The number of hydrogen-bond donors (Lipinski definition) is 1. The molecular weight excluding hydrogens is 162 g/mol. The fraction of sp³-hybridized carbons (Fsp3) is 0.909. The molecule has 1 N–H and O–H groups in total. The topological polar surface area (TPSA) is 29.1 Å². The quantitative estimate of drug-likeness (QED) is 0.559. The summed E-state index contributed by atoms with van der Waals surface area (Å²) >= 11 is 0. The molecule has 0 aromatic rings. The van der Waals surface area contributed by atoms with Gasteiger partial charge in [-0.3, -0.25) is 4.79 Å². The van der Waals surface area contributed by atoms with E-state index in [-0.39, 0.29) is 0 Å². The van der Waals surface area contributed by atoms with Gasteiger partial charge in [-0.1, -0.05) is 26.2 Å². The zero-order valence-electron chi connectivity index (χ0n) is 9.07. The lowest BCUT2D eigenvalue weighted by atomic mass is 10.1. The summed E-state index contributed by atoms with van der Waals surface area (Å²) in [5.74, 6) is 0.412. The minimum Gasteiger partial charge on any atom is -0.320 e. The Morgan fingerprint density at radius 2 is 1.69 bits per heavy atom. The van der Waals surface area contributed by atoms with Crippen LogP contribution in [0, 0.1) is 0 Å². The third-order valence-electron chi connectivity index (χ3n) is 2.28. The van der Waals surface area contributed by atoms with Crippen molar-refractivity contribution in [3.63, 3.8) is 0 Å². The van der Waals surface area contributed by atoms with Crippen molar-refractivity contribution < 1.29 is 4.79 Å². The Bertz CT molecular complexity index is 123.